The first-order chi connectivity index (χ1) is 10.2. The molecule has 0 saturated carbocycles. The highest BCUT2D eigenvalue weighted by Crippen LogP contribution is 2.29. The van der Waals surface area contributed by atoms with Crippen LogP contribution in [0.4, 0.5) is 17.1 Å². The third-order valence-electron chi connectivity index (χ3n) is 3.44. The Balaban J connectivity index is 2.11. The molecule has 4 heteroatoms. The normalized spacial score (nSPS) is 10.3. The average Bonchev–Trinajstić information content (AvgIpc) is 2.50. The summed E-state index contributed by atoms with van der Waals surface area (Å²) in [5.74, 6) is 0. The van der Waals surface area contributed by atoms with Crippen LogP contribution in [0.25, 0.3) is 10.9 Å². The second kappa shape index (κ2) is 5.14. The molecule has 0 aliphatic rings. The topological polar surface area (TPSA) is 74.7 Å². The minimum atomic E-state index is 0.626. The standard InChI is InChI=1S/C17H14N4/c1-11-5-6-12(10-18)9-16(11)21-15-7-8-20-17-13(15)3-2-4-14(17)19/h2-9H,19H2,1H3,(H,20,21). The largest absolute Gasteiger partial charge is 0.397 e. The molecular formula is C17H14N4. The highest BCUT2D eigenvalue weighted by atomic mass is 14.9. The Hall–Kier alpha value is -3.06. The molecule has 0 atom stereocenters. The van der Waals surface area contributed by atoms with Gasteiger partial charge in [0, 0.05) is 23.0 Å². The Bertz CT molecular complexity index is 862. The number of fused-ring (bicyclic) bond motifs is 1. The summed E-state index contributed by atoms with van der Waals surface area (Å²) < 4.78 is 0. The van der Waals surface area contributed by atoms with Gasteiger partial charge in [-0.15, -0.1) is 0 Å². The van der Waals surface area contributed by atoms with E-state index in [0.29, 0.717) is 11.3 Å². The Kier molecular flexibility index (Phi) is 3.17. The first-order valence-corrected chi connectivity index (χ1v) is 6.60. The number of pyridine rings is 1. The molecule has 0 amide bonds. The van der Waals surface area contributed by atoms with Gasteiger partial charge in [0.15, 0.2) is 0 Å². The molecule has 0 spiro atoms. The molecular weight excluding hydrogens is 260 g/mol. The fraction of sp³-hybridized carbons (Fsp3) is 0.0588. The van der Waals surface area contributed by atoms with Gasteiger partial charge in [0.05, 0.1) is 22.8 Å². The Morgan fingerprint density at radius 2 is 2.00 bits per heavy atom. The van der Waals surface area contributed by atoms with Crippen molar-refractivity contribution in [1.29, 1.82) is 5.26 Å². The number of hydrogen-bond donors (Lipinski definition) is 2. The lowest BCUT2D eigenvalue weighted by Gasteiger charge is -2.12. The lowest BCUT2D eigenvalue weighted by atomic mass is 10.1. The van der Waals surface area contributed by atoms with E-state index < -0.39 is 0 Å². The SMILES string of the molecule is Cc1ccc(C#N)cc1Nc1ccnc2c(N)cccc12. The van der Waals surface area contributed by atoms with Gasteiger partial charge in [-0.3, -0.25) is 4.98 Å². The third kappa shape index (κ3) is 2.37. The molecule has 3 aromatic rings. The van der Waals surface area contributed by atoms with Gasteiger partial charge in [-0.2, -0.15) is 5.26 Å². The Morgan fingerprint density at radius 3 is 2.81 bits per heavy atom. The summed E-state index contributed by atoms with van der Waals surface area (Å²) in [5.41, 5.74) is 10.9. The van der Waals surface area contributed by atoms with E-state index in [0.717, 1.165) is 27.8 Å². The maximum Gasteiger partial charge on any atom is 0.0992 e. The van der Waals surface area contributed by atoms with Crippen molar-refractivity contribution in [1.82, 2.24) is 4.98 Å². The molecule has 21 heavy (non-hydrogen) atoms. The van der Waals surface area contributed by atoms with E-state index in [1.165, 1.54) is 0 Å². The number of nitrogen functional groups attached to an aromatic ring is 1. The molecule has 0 saturated heterocycles. The fourth-order valence-corrected chi connectivity index (χ4v) is 2.28. The number of nitriles is 1. The molecule has 1 heterocycles. The van der Waals surface area contributed by atoms with Crippen molar-refractivity contribution in [2.45, 2.75) is 6.92 Å². The molecule has 0 radical (unpaired) electrons. The lowest BCUT2D eigenvalue weighted by Crippen LogP contribution is -1.97. The number of anilines is 3. The first-order valence-electron chi connectivity index (χ1n) is 6.60. The van der Waals surface area contributed by atoms with E-state index in [2.05, 4.69) is 16.4 Å². The molecule has 0 aliphatic carbocycles. The number of para-hydroxylation sites is 1. The van der Waals surface area contributed by atoms with Crippen LogP contribution in [0.3, 0.4) is 0 Å². The van der Waals surface area contributed by atoms with Crippen LogP contribution in [0, 0.1) is 18.3 Å². The zero-order chi connectivity index (χ0) is 14.8. The Labute approximate surface area is 122 Å². The molecule has 3 rings (SSSR count). The van der Waals surface area contributed by atoms with Crippen LogP contribution >= 0.6 is 0 Å². The number of aryl methyl sites for hydroxylation is 1. The molecule has 2 aromatic carbocycles. The van der Waals surface area contributed by atoms with Crippen LogP contribution in [-0.2, 0) is 0 Å². The molecule has 0 fully saturated rings. The number of nitrogens with two attached hydrogens (primary N) is 1. The van der Waals surface area contributed by atoms with Gasteiger partial charge in [-0.25, -0.2) is 0 Å². The molecule has 4 nitrogen and oxygen atoms in total. The van der Waals surface area contributed by atoms with E-state index >= 15 is 0 Å². The summed E-state index contributed by atoms with van der Waals surface area (Å²) in [6.07, 6.45) is 1.73. The number of nitrogens with one attached hydrogen (secondary N) is 1. The van der Waals surface area contributed by atoms with Crippen LogP contribution in [0.5, 0.6) is 0 Å². The average molecular weight is 274 g/mol. The minimum absolute atomic E-state index is 0.626. The van der Waals surface area contributed by atoms with Crippen molar-refractivity contribution >= 4 is 28.0 Å². The van der Waals surface area contributed by atoms with Crippen LogP contribution in [-0.4, -0.2) is 4.98 Å². The van der Waals surface area contributed by atoms with Gasteiger partial charge in [-0.05, 0) is 36.8 Å². The smallest absolute Gasteiger partial charge is 0.0992 e. The molecule has 1 aromatic heterocycles. The van der Waals surface area contributed by atoms with Crippen molar-refractivity contribution in [2.75, 3.05) is 11.1 Å². The second-order valence-corrected chi connectivity index (χ2v) is 4.87. The van der Waals surface area contributed by atoms with Gasteiger partial charge in [0.25, 0.3) is 0 Å². The van der Waals surface area contributed by atoms with Crippen molar-refractivity contribution < 1.29 is 0 Å². The van der Waals surface area contributed by atoms with Crippen LogP contribution in [0.1, 0.15) is 11.1 Å². The summed E-state index contributed by atoms with van der Waals surface area (Å²) in [7, 11) is 0. The summed E-state index contributed by atoms with van der Waals surface area (Å²) in [6, 6.07) is 15.4. The maximum absolute atomic E-state index is 9.02. The highest BCUT2D eigenvalue weighted by Gasteiger charge is 2.06. The number of rotatable bonds is 2. The van der Waals surface area contributed by atoms with Gasteiger partial charge in [-0.1, -0.05) is 18.2 Å². The van der Waals surface area contributed by atoms with Crippen molar-refractivity contribution in [3.8, 4) is 6.07 Å². The van der Waals surface area contributed by atoms with Gasteiger partial charge in [0.2, 0.25) is 0 Å². The van der Waals surface area contributed by atoms with E-state index in [9.17, 15) is 0 Å². The van der Waals surface area contributed by atoms with Crippen LogP contribution < -0.4 is 11.1 Å². The van der Waals surface area contributed by atoms with Crippen molar-refractivity contribution in [2.24, 2.45) is 0 Å². The van der Waals surface area contributed by atoms with E-state index in [1.807, 2.05) is 49.4 Å². The summed E-state index contributed by atoms with van der Waals surface area (Å²) in [6.45, 7) is 2.00. The summed E-state index contributed by atoms with van der Waals surface area (Å²) in [4.78, 5) is 4.32. The van der Waals surface area contributed by atoms with Gasteiger partial charge < -0.3 is 11.1 Å². The Morgan fingerprint density at radius 1 is 1.14 bits per heavy atom. The molecule has 102 valence electrons. The molecule has 3 N–H and O–H groups in total. The van der Waals surface area contributed by atoms with Crippen molar-refractivity contribution in [3.05, 3.63) is 59.8 Å². The van der Waals surface area contributed by atoms with Gasteiger partial charge >= 0.3 is 0 Å². The quantitative estimate of drug-likeness (QED) is 0.698. The minimum Gasteiger partial charge on any atom is -0.397 e. The lowest BCUT2D eigenvalue weighted by molar-refractivity contribution is 1.38. The predicted octanol–water partition coefficient (Wildman–Crippen LogP) is 3.74. The zero-order valence-electron chi connectivity index (χ0n) is 11.6. The summed E-state index contributed by atoms with van der Waals surface area (Å²) >= 11 is 0. The molecule has 0 aliphatic heterocycles. The first kappa shape index (κ1) is 12.9. The fourth-order valence-electron chi connectivity index (χ4n) is 2.28. The second-order valence-electron chi connectivity index (χ2n) is 4.87. The van der Waals surface area contributed by atoms with Crippen LogP contribution in [0.2, 0.25) is 0 Å². The highest BCUT2D eigenvalue weighted by molar-refractivity contribution is 5.98. The third-order valence-corrected chi connectivity index (χ3v) is 3.44. The number of benzene rings is 2. The predicted molar refractivity (Wildman–Crippen MR) is 85.3 cm³/mol. The van der Waals surface area contributed by atoms with E-state index in [-0.39, 0.29) is 0 Å². The number of nitrogens with zero attached hydrogens (tertiary/aromatic N) is 2. The van der Waals surface area contributed by atoms with E-state index in [1.54, 1.807) is 6.20 Å². The molecule has 0 unspecified atom stereocenters. The van der Waals surface area contributed by atoms with Crippen molar-refractivity contribution in [3.63, 3.8) is 0 Å². The summed E-state index contributed by atoms with van der Waals surface area (Å²) in [5, 5.41) is 13.4. The molecule has 0 bridgehead atoms. The maximum atomic E-state index is 9.02. The monoisotopic (exact) mass is 274 g/mol. The number of hydrogen-bond acceptors (Lipinski definition) is 4. The van der Waals surface area contributed by atoms with E-state index in [4.69, 9.17) is 11.0 Å². The van der Waals surface area contributed by atoms with Gasteiger partial charge in [0.1, 0.15) is 0 Å². The van der Waals surface area contributed by atoms with Crippen LogP contribution in [0.15, 0.2) is 48.7 Å². The number of aromatic nitrogens is 1. The zero-order valence-corrected chi connectivity index (χ0v) is 11.6.